The lowest BCUT2D eigenvalue weighted by Gasteiger charge is -2.10. The van der Waals surface area contributed by atoms with Gasteiger partial charge in [-0.2, -0.15) is 4.68 Å². The number of phenolic OH excluding ortho intramolecular Hbond substituents is 1. The van der Waals surface area contributed by atoms with E-state index in [9.17, 15) is 9.90 Å². The third-order valence-corrected chi connectivity index (χ3v) is 4.24. The first kappa shape index (κ1) is 17.7. The molecule has 26 heavy (non-hydrogen) atoms. The molecule has 8 nitrogen and oxygen atoms in total. The van der Waals surface area contributed by atoms with Gasteiger partial charge in [0.05, 0.1) is 12.4 Å². The second-order valence-corrected chi connectivity index (χ2v) is 6.10. The third-order valence-electron chi connectivity index (χ3n) is 3.32. The second kappa shape index (κ2) is 8.34. The zero-order valence-corrected chi connectivity index (χ0v) is 14.8. The fraction of sp³-hybridized carbons (Fsp3) is 0.176. The van der Waals surface area contributed by atoms with Crippen LogP contribution in [0.5, 0.6) is 11.5 Å². The number of phenols is 1. The van der Waals surface area contributed by atoms with Gasteiger partial charge in [-0.25, -0.2) is 0 Å². The SMILES string of the molecule is CCOc1ccccc1-n1nnnc1SCC(=O)Nc1ccc(O)cc1. The minimum absolute atomic E-state index is 0.137. The highest BCUT2D eigenvalue weighted by atomic mass is 32.2. The van der Waals surface area contributed by atoms with E-state index >= 15 is 0 Å². The van der Waals surface area contributed by atoms with Gasteiger partial charge in [-0.05, 0) is 53.7 Å². The molecule has 0 saturated heterocycles. The van der Waals surface area contributed by atoms with E-state index in [4.69, 9.17) is 4.74 Å². The summed E-state index contributed by atoms with van der Waals surface area (Å²) in [6.07, 6.45) is 0. The van der Waals surface area contributed by atoms with E-state index in [1.54, 1.807) is 16.8 Å². The molecule has 0 bridgehead atoms. The van der Waals surface area contributed by atoms with Crippen molar-refractivity contribution in [2.45, 2.75) is 12.1 Å². The summed E-state index contributed by atoms with van der Waals surface area (Å²) in [6.45, 7) is 2.43. The lowest BCUT2D eigenvalue weighted by Crippen LogP contribution is -2.14. The van der Waals surface area contributed by atoms with Gasteiger partial charge in [-0.1, -0.05) is 23.9 Å². The summed E-state index contributed by atoms with van der Waals surface area (Å²) in [6, 6.07) is 13.7. The van der Waals surface area contributed by atoms with Crippen molar-refractivity contribution < 1.29 is 14.6 Å². The van der Waals surface area contributed by atoms with Crippen LogP contribution in [0.1, 0.15) is 6.92 Å². The number of benzene rings is 2. The molecule has 9 heteroatoms. The molecular formula is C17H17N5O3S. The maximum Gasteiger partial charge on any atom is 0.234 e. The van der Waals surface area contributed by atoms with Crippen LogP contribution >= 0.6 is 11.8 Å². The molecule has 0 aliphatic carbocycles. The molecule has 2 N–H and O–H groups in total. The Hall–Kier alpha value is -3.07. The summed E-state index contributed by atoms with van der Waals surface area (Å²) in [5.74, 6) is 0.744. The average molecular weight is 371 g/mol. The predicted octanol–water partition coefficient (Wildman–Crippen LogP) is 2.50. The van der Waals surface area contributed by atoms with Crippen LogP contribution in [0.3, 0.4) is 0 Å². The molecule has 0 unspecified atom stereocenters. The van der Waals surface area contributed by atoms with Gasteiger partial charge in [0.2, 0.25) is 11.1 Å². The maximum atomic E-state index is 12.1. The molecule has 0 saturated carbocycles. The Morgan fingerprint density at radius 3 is 2.77 bits per heavy atom. The highest BCUT2D eigenvalue weighted by Crippen LogP contribution is 2.26. The summed E-state index contributed by atoms with van der Waals surface area (Å²) >= 11 is 1.22. The van der Waals surface area contributed by atoms with E-state index in [0.29, 0.717) is 28.9 Å². The van der Waals surface area contributed by atoms with Crippen molar-refractivity contribution in [3.63, 3.8) is 0 Å². The number of ether oxygens (including phenoxy) is 1. The molecule has 0 spiro atoms. The van der Waals surface area contributed by atoms with Gasteiger partial charge in [-0.15, -0.1) is 5.10 Å². The van der Waals surface area contributed by atoms with Gasteiger partial charge in [0, 0.05) is 5.69 Å². The minimum atomic E-state index is -0.201. The van der Waals surface area contributed by atoms with E-state index in [1.807, 2.05) is 31.2 Å². The summed E-state index contributed by atoms with van der Waals surface area (Å²) < 4.78 is 7.15. The number of amides is 1. The molecular weight excluding hydrogens is 354 g/mol. The molecule has 134 valence electrons. The summed E-state index contributed by atoms with van der Waals surface area (Å²) in [5.41, 5.74) is 1.32. The van der Waals surface area contributed by atoms with Crippen molar-refractivity contribution in [2.75, 3.05) is 17.7 Å². The van der Waals surface area contributed by atoms with Crippen LogP contribution in [0.15, 0.2) is 53.7 Å². The Balaban J connectivity index is 1.68. The van der Waals surface area contributed by atoms with Crippen molar-refractivity contribution >= 4 is 23.4 Å². The Kier molecular flexibility index (Phi) is 5.69. The number of tetrazole rings is 1. The quantitative estimate of drug-likeness (QED) is 0.486. The van der Waals surface area contributed by atoms with Crippen molar-refractivity contribution in [3.8, 4) is 17.2 Å². The number of carbonyl (C=O) groups is 1. The van der Waals surface area contributed by atoms with Crippen molar-refractivity contribution in [2.24, 2.45) is 0 Å². The molecule has 1 heterocycles. The predicted molar refractivity (Wildman–Crippen MR) is 97.8 cm³/mol. The van der Waals surface area contributed by atoms with E-state index in [0.717, 1.165) is 0 Å². The second-order valence-electron chi connectivity index (χ2n) is 5.16. The van der Waals surface area contributed by atoms with Crippen molar-refractivity contribution in [1.29, 1.82) is 0 Å². The van der Waals surface area contributed by atoms with E-state index < -0.39 is 0 Å². The molecule has 0 aliphatic heterocycles. The highest BCUT2D eigenvalue weighted by Gasteiger charge is 2.14. The number of aromatic hydroxyl groups is 1. The topological polar surface area (TPSA) is 102 Å². The molecule has 1 aromatic heterocycles. The Bertz CT molecular complexity index is 882. The number of anilines is 1. The van der Waals surface area contributed by atoms with Gasteiger partial charge in [0.15, 0.2) is 0 Å². The number of hydrogen-bond acceptors (Lipinski definition) is 7. The lowest BCUT2D eigenvalue weighted by molar-refractivity contribution is -0.113. The fourth-order valence-corrected chi connectivity index (χ4v) is 2.89. The molecule has 0 atom stereocenters. The molecule has 3 aromatic rings. The first-order chi connectivity index (χ1) is 12.7. The van der Waals surface area contributed by atoms with Gasteiger partial charge < -0.3 is 15.2 Å². The zero-order chi connectivity index (χ0) is 18.4. The minimum Gasteiger partial charge on any atom is -0.508 e. The molecule has 0 fully saturated rings. The summed E-state index contributed by atoms with van der Waals surface area (Å²) in [4.78, 5) is 12.1. The largest absolute Gasteiger partial charge is 0.508 e. The molecule has 0 radical (unpaired) electrons. The number of rotatable bonds is 7. The van der Waals surface area contributed by atoms with Crippen LogP contribution in [0.2, 0.25) is 0 Å². The van der Waals surface area contributed by atoms with E-state index in [2.05, 4.69) is 20.8 Å². The number of carbonyl (C=O) groups excluding carboxylic acids is 1. The van der Waals surface area contributed by atoms with E-state index in [1.165, 1.54) is 23.9 Å². The number of nitrogens with zero attached hydrogens (tertiary/aromatic N) is 4. The van der Waals surface area contributed by atoms with Crippen LogP contribution in [-0.4, -0.2) is 43.6 Å². The van der Waals surface area contributed by atoms with Crippen LogP contribution in [-0.2, 0) is 4.79 Å². The van der Waals surface area contributed by atoms with E-state index in [-0.39, 0.29) is 17.4 Å². The smallest absolute Gasteiger partial charge is 0.234 e. The highest BCUT2D eigenvalue weighted by molar-refractivity contribution is 7.99. The third kappa shape index (κ3) is 4.31. The first-order valence-electron chi connectivity index (χ1n) is 7.89. The van der Waals surface area contributed by atoms with Crippen molar-refractivity contribution in [3.05, 3.63) is 48.5 Å². The van der Waals surface area contributed by atoms with Gasteiger partial charge in [-0.3, -0.25) is 4.79 Å². The van der Waals surface area contributed by atoms with Gasteiger partial charge in [0.1, 0.15) is 17.2 Å². The number of thioether (sulfide) groups is 1. The number of hydrogen-bond donors (Lipinski definition) is 2. The first-order valence-corrected chi connectivity index (χ1v) is 8.88. The summed E-state index contributed by atoms with van der Waals surface area (Å²) in [7, 11) is 0. The standard InChI is InChI=1S/C17H17N5O3S/c1-2-25-15-6-4-3-5-14(15)22-17(19-20-21-22)26-11-16(24)18-12-7-9-13(23)10-8-12/h3-10,23H,2,11H2,1H3,(H,18,24). The monoisotopic (exact) mass is 371 g/mol. The number of nitrogens with one attached hydrogen (secondary N) is 1. The van der Waals surface area contributed by atoms with Crippen LogP contribution in [0.4, 0.5) is 5.69 Å². The van der Waals surface area contributed by atoms with Crippen LogP contribution in [0.25, 0.3) is 5.69 Å². The van der Waals surface area contributed by atoms with Crippen LogP contribution in [0, 0.1) is 0 Å². The maximum absolute atomic E-state index is 12.1. The normalized spacial score (nSPS) is 10.5. The number of para-hydroxylation sites is 2. The molecule has 0 aliphatic rings. The Morgan fingerprint density at radius 1 is 1.23 bits per heavy atom. The van der Waals surface area contributed by atoms with Gasteiger partial charge in [0.25, 0.3) is 0 Å². The Morgan fingerprint density at radius 2 is 2.00 bits per heavy atom. The Labute approximate surface area is 154 Å². The van der Waals surface area contributed by atoms with Crippen molar-refractivity contribution in [1.82, 2.24) is 20.2 Å². The molecule has 2 aromatic carbocycles. The zero-order valence-electron chi connectivity index (χ0n) is 14.0. The fourth-order valence-electron chi connectivity index (χ4n) is 2.20. The average Bonchev–Trinajstić information content (AvgIpc) is 3.11. The summed E-state index contributed by atoms with van der Waals surface area (Å²) in [5, 5.41) is 24.2. The molecule has 3 rings (SSSR count). The van der Waals surface area contributed by atoms with Crippen LogP contribution < -0.4 is 10.1 Å². The van der Waals surface area contributed by atoms with Gasteiger partial charge >= 0.3 is 0 Å². The lowest BCUT2D eigenvalue weighted by atomic mass is 10.3. The molecule has 1 amide bonds. The number of aromatic nitrogens is 4.